The summed E-state index contributed by atoms with van der Waals surface area (Å²) in [5, 5.41) is 2.58. The molecule has 0 aromatic heterocycles. The molecule has 1 aromatic rings. The van der Waals surface area contributed by atoms with Gasteiger partial charge in [0.2, 0.25) is 0 Å². The van der Waals surface area contributed by atoms with E-state index in [1.807, 2.05) is 25.0 Å². The number of benzene rings is 1. The number of rotatable bonds is 1. The molecule has 2 nitrogen and oxygen atoms in total. The van der Waals surface area contributed by atoms with Crippen LogP contribution in [0.5, 0.6) is 0 Å². The zero-order chi connectivity index (χ0) is 9.84. The molecule has 0 bridgehead atoms. The standard InChI is InChI=1S/C10H8BrNO/c1-3-9(13)12-8-6-4-5-7(2)10(8)11/h1,4-6H,2H3,(H,12,13). The molecule has 0 aliphatic heterocycles. The number of terminal acetylenes is 1. The number of carbonyl (C=O) groups excluding carboxylic acids is 1. The highest BCUT2D eigenvalue weighted by Gasteiger charge is 2.03. The molecule has 0 aliphatic rings. The Morgan fingerprint density at radius 3 is 2.92 bits per heavy atom. The predicted octanol–water partition coefficient (Wildman–Crippen LogP) is 2.33. The van der Waals surface area contributed by atoms with E-state index in [2.05, 4.69) is 21.2 Å². The van der Waals surface area contributed by atoms with Crippen LogP contribution >= 0.6 is 15.9 Å². The number of carbonyl (C=O) groups is 1. The van der Waals surface area contributed by atoms with Gasteiger partial charge in [-0.3, -0.25) is 4.79 Å². The van der Waals surface area contributed by atoms with Gasteiger partial charge in [0.1, 0.15) is 0 Å². The fourth-order valence-electron chi connectivity index (χ4n) is 0.902. The lowest BCUT2D eigenvalue weighted by atomic mass is 10.2. The summed E-state index contributed by atoms with van der Waals surface area (Å²) in [6, 6.07) is 5.58. The van der Waals surface area contributed by atoms with Gasteiger partial charge in [0.25, 0.3) is 5.91 Å². The molecule has 0 radical (unpaired) electrons. The average Bonchev–Trinajstić information content (AvgIpc) is 2.13. The lowest BCUT2D eigenvalue weighted by Crippen LogP contribution is -2.08. The Morgan fingerprint density at radius 2 is 2.31 bits per heavy atom. The normalized spacial score (nSPS) is 9.00. The van der Waals surface area contributed by atoms with Gasteiger partial charge in [0, 0.05) is 4.47 Å². The van der Waals surface area contributed by atoms with Crippen molar-refractivity contribution in [1.82, 2.24) is 0 Å². The minimum Gasteiger partial charge on any atom is -0.314 e. The van der Waals surface area contributed by atoms with E-state index in [1.165, 1.54) is 0 Å². The first kappa shape index (κ1) is 9.82. The summed E-state index contributed by atoms with van der Waals surface area (Å²) >= 11 is 3.35. The monoisotopic (exact) mass is 237 g/mol. The Balaban J connectivity index is 2.97. The molecule has 0 saturated carbocycles. The zero-order valence-corrected chi connectivity index (χ0v) is 8.68. The second kappa shape index (κ2) is 4.11. The maximum atomic E-state index is 10.9. The summed E-state index contributed by atoms with van der Waals surface area (Å²) in [7, 11) is 0. The van der Waals surface area contributed by atoms with Gasteiger partial charge in [-0.05, 0) is 40.4 Å². The van der Waals surface area contributed by atoms with Gasteiger partial charge in [-0.15, -0.1) is 6.42 Å². The molecule has 0 heterocycles. The van der Waals surface area contributed by atoms with E-state index in [0.29, 0.717) is 5.69 Å². The largest absolute Gasteiger partial charge is 0.314 e. The molecule has 0 fully saturated rings. The van der Waals surface area contributed by atoms with Gasteiger partial charge < -0.3 is 5.32 Å². The van der Waals surface area contributed by atoms with Gasteiger partial charge in [-0.2, -0.15) is 0 Å². The Bertz CT molecular complexity index is 379. The molecule has 1 aromatic carbocycles. The maximum absolute atomic E-state index is 10.9. The van der Waals surface area contributed by atoms with E-state index in [-0.39, 0.29) is 0 Å². The third kappa shape index (κ3) is 2.33. The molecular weight excluding hydrogens is 230 g/mol. The number of aryl methyl sites for hydroxylation is 1. The van der Waals surface area contributed by atoms with E-state index in [1.54, 1.807) is 6.07 Å². The number of halogens is 1. The van der Waals surface area contributed by atoms with Crippen molar-refractivity contribution >= 4 is 27.5 Å². The highest BCUT2D eigenvalue weighted by Crippen LogP contribution is 2.25. The van der Waals surface area contributed by atoms with Crippen LogP contribution in [0.4, 0.5) is 5.69 Å². The van der Waals surface area contributed by atoms with Crippen LogP contribution in [0, 0.1) is 19.3 Å². The van der Waals surface area contributed by atoms with Crippen molar-refractivity contribution in [3.05, 3.63) is 28.2 Å². The van der Waals surface area contributed by atoms with Gasteiger partial charge in [-0.1, -0.05) is 12.1 Å². The molecule has 0 atom stereocenters. The lowest BCUT2D eigenvalue weighted by molar-refractivity contribution is -0.111. The number of nitrogens with one attached hydrogen (secondary N) is 1. The van der Waals surface area contributed by atoms with Crippen molar-refractivity contribution in [3.63, 3.8) is 0 Å². The first-order valence-electron chi connectivity index (χ1n) is 3.68. The summed E-state index contributed by atoms with van der Waals surface area (Å²) in [6.45, 7) is 1.94. The first-order valence-corrected chi connectivity index (χ1v) is 4.47. The van der Waals surface area contributed by atoms with Crippen LogP contribution in [0.1, 0.15) is 5.56 Å². The first-order chi connectivity index (χ1) is 6.15. The van der Waals surface area contributed by atoms with E-state index in [0.717, 1.165) is 10.0 Å². The third-order valence-electron chi connectivity index (χ3n) is 1.57. The van der Waals surface area contributed by atoms with Crippen molar-refractivity contribution in [2.75, 3.05) is 5.32 Å². The number of anilines is 1. The van der Waals surface area contributed by atoms with Crippen LogP contribution in [0.25, 0.3) is 0 Å². The topological polar surface area (TPSA) is 29.1 Å². The van der Waals surface area contributed by atoms with E-state index in [9.17, 15) is 4.79 Å². The summed E-state index contributed by atoms with van der Waals surface area (Å²) in [5.41, 5.74) is 1.75. The van der Waals surface area contributed by atoms with Crippen molar-refractivity contribution in [1.29, 1.82) is 0 Å². The number of hydrogen-bond acceptors (Lipinski definition) is 1. The highest BCUT2D eigenvalue weighted by molar-refractivity contribution is 9.10. The van der Waals surface area contributed by atoms with Crippen LogP contribution in [0.2, 0.25) is 0 Å². The van der Waals surface area contributed by atoms with E-state index >= 15 is 0 Å². The zero-order valence-electron chi connectivity index (χ0n) is 7.10. The molecule has 0 spiro atoms. The van der Waals surface area contributed by atoms with Crippen LogP contribution in [0.15, 0.2) is 22.7 Å². The Kier molecular flexibility index (Phi) is 3.10. The minimum absolute atomic E-state index is 0.439. The van der Waals surface area contributed by atoms with Crippen molar-refractivity contribution in [2.24, 2.45) is 0 Å². The molecule has 3 heteroatoms. The molecule has 1 amide bonds. The van der Waals surface area contributed by atoms with Crippen LogP contribution < -0.4 is 5.32 Å². The molecule has 1 rings (SSSR count). The predicted molar refractivity (Wildman–Crippen MR) is 56.3 cm³/mol. The van der Waals surface area contributed by atoms with Crippen LogP contribution in [-0.4, -0.2) is 5.91 Å². The summed E-state index contributed by atoms with van der Waals surface area (Å²) in [6.07, 6.45) is 4.93. The fraction of sp³-hybridized carbons (Fsp3) is 0.100. The van der Waals surface area contributed by atoms with Gasteiger partial charge in [0.05, 0.1) is 5.69 Å². The summed E-state index contributed by atoms with van der Waals surface area (Å²) < 4.78 is 0.860. The molecule has 66 valence electrons. The van der Waals surface area contributed by atoms with Crippen molar-refractivity contribution in [2.45, 2.75) is 6.92 Å². The van der Waals surface area contributed by atoms with Gasteiger partial charge >= 0.3 is 0 Å². The SMILES string of the molecule is C#CC(=O)Nc1cccc(C)c1Br. The van der Waals surface area contributed by atoms with Crippen molar-refractivity contribution < 1.29 is 4.79 Å². The molecular formula is C10H8BrNO. The summed E-state index contributed by atoms with van der Waals surface area (Å²) in [4.78, 5) is 10.9. The molecule has 0 saturated heterocycles. The Hall–Kier alpha value is -1.27. The maximum Gasteiger partial charge on any atom is 0.300 e. The number of hydrogen-bond donors (Lipinski definition) is 1. The second-order valence-electron chi connectivity index (χ2n) is 2.53. The fourth-order valence-corrected chi connectivity index (χ4v) is 1.27. The smallest absolute Gasteiger partial charge is 0.300 e. The van der Waals surface area contributed by atoms with E-state index < -0.39 is 5.91 Å². The molecule has 0 aliphatic carbocycles. The van der Waals surface area contributed by atoms with Gasteiger partial charge in [0.15, 0.2) is 0 Å². The van der Waals surface area contributed by atoms with E-state index in [4.69, 9.17) is 6.42 Å². The van der Waals surface area contributed by atoms with Gasteiger partial charge in [-0.25, -0.2) is 0 Å². The van der Waals surface area contributed by atoms with Crippen molar-refractivity contribution in [3.8, 4) is 12.3 Å². The second-order valence-corrected chi connectivity index (χ2v) is 3.33. The molecule has 13 heavy (non-hydrogen) atoms. The highest BCUT2D eigenvalue weighted by atomic mass is 79.9. The average molecular weight is 238 g/mol. The minimum atomic E-state index is -0.439. The summed E-state index contributed by atoms with van der Waals surface area (Å²) in [5.74, 6) is 1.55. The molecule has 1 N–H and O–H groups in total. The lowest BCUT2D eigenvalue weighted by Gasteiger charge is -2.05. The quantitative estimate of drug-likeness (QED) is 0.747. The Labute approximate surface area is 85.5 Å². The van der Waals surface area contributed by atoms with Crippen LogP contribution in [0.3, 0.4) is 0 Å². The molecule has 0 unspecified atom stereocenters. The Morgan fingerprint density at radius 1 is 1.62 bits per heavy atom. The van der Waals surface area contributed by atoms with Crippen LogP contribution in [-0.2, 0) is 4.79 Å². The third-order valence-corrected chi connectivity index (χ3v) is 2.62. The number of amides is 1.